The summed E-state index contributed by atoms with van der Waals surface area (Å²) in [4.78, 5) is 12.3. The number of hydrogen-bond acceptors (Lipinski definition) is 5. The van der Waals surface area contributed by atoms with Crippen molar-refractivity contribution in [2.24, 2.45) is 0 Å². The van der Waals surface area contributed by atoms with Crippen LogP contribution in [0.3, 0.4) is 0 Å². The minimum absolute atomic E-state index is 0.122. The Balaban J connectivity index is 1.59. The fraction of sp³-hybridized carbons (Fsp3) is 0.238. The van der Waals surface area contributed by atoms with Gasteiger partial charge in [-0.25, -0.2) is 18.4 Å². The second kappa shape index (κ2) is 6.73. The van der Waals surface area contributed by atoms with Crippen molar-refractivity contribution < 1.29 is 12.8 Å². The Kier molecular flexibility index (Phi) is 4.46. The zero-order chi connectivity index (χ0) is 20.8. The normalized spacial score (nSPS) is 12.4. The molecule has 7 nitrogen and oxygen atoms in total. The molecule has 0 radical (unpaired) electrons. The van der Waals surface area contributed by atoms with E-state index in [0.29, 0.717) is 17.3 Å². The SMILES string of the molecule is Cc1nc(-c2ccc(S(=O)(=O)Nc3ccc4nc(C(C)(C)C)[nH]c4c3)cc2)co1. The standard InChI is InChI=1S/C21H22N4O3S/c1-13-22-19(12-28-13)14-5-8-16(9-6-14)29(26,27)25-15-7-10-17-18(11-15)24-20(23-17)21(2,3)4/h5-12,25H,1-4H3,(H,23,24). The Morgan fingerprint density at radius 2 is 1.76 bits per heavy atom. The molecule has 0 unspecified atom stereocenters. The van der Waals surface area contributed by atoms with Crippen molar-refractivity contribution in [2.75, 3.05) is 4.72 Å². The molecule has 2 aromatic heterocycles. The summed E-state index contributed by atoms with van der Waals surface area (Å²) < 4.78 is 33.4. The first-order valence-corrected chi connectivity index (χ1v) is 10.7. The van der Waals surface area contributed by atoms with Crippen LogP contribution in [0, 0.1) is 6.92 Å². The van der Waals surface area contributed by atoms with Crippen LogP contribution in [0.2, 0.25) is 0 Å². The van der Waals surface area contributed by atoms with Crippen LogP contribution in [-0.2, 0) is 15.4 Å². The number of benzene rings is 2. The van der Waals surface area contributed by atoms with Crippen LogP contribution in [0.25, 0.3) is 22.3 Å². The summed E-state index contributed by atoms with van der Waals surface area (Å²) in [5, 5.41) is 0. The lowest BCUT2D eigenvalue weighted by molar-refractivity contribution is 0.521. The number of oxazole rings is 1. The van der Waals surface area contributed by atoms with Gasteiger partial charge < -0.3 is 9.40 Å². The molecule has 4 aromatic rings. The van der Waals surface area contributed by atoms with Gasteiger partial charge in [0.1, 0.15) is 17.8 Å². The van der Waals surface area contributed by atoms with E-state index in [1.807, 2.05) is 0 Å². The van der Waals surface area contributed by atoms with Crippen molar-refractivity contribution in [3.63, 3.8) is 0 Å². The minimum atomic E-state index is -3.73. The molecule has 29 heavy (non-hydrogen) atoms. The molecule has 0 aliphatic heterocycles. The number of aromatic amines is 1. The van der Waals surface area contributed by atoms with Gasteiger partial charge in [-0.1, -0.05) is 32.9 Å². The average Bonchev–Trinajstić information content (AvgIpc) is 3.27. The molecule has 4 rings (SSSR count). The van der Waals surface area contributed by atoms with Crippen molar-refractivity contribution in [1.29, 1.82) is 0 Å². The van der Waals surface area contributed by atoms with Crippen molar-refractivity contribution in [3.8, 4) is 11.3 Å². The van der Waals surface area contributed by atoms with Crippen LogP contribution in [0.1, 0.15) is 32.5 Å². The lowest BCUT2D eigenvalue weighted by Crippen LogP contribution is -2.13. The highest BCUT2D eigenvalue weighted by atomic mass is 32.2. The van der Waals surface area contributed by atoms with Gasteiger partial charge in [0, 0.05) is 17.9 Å². The summed E-state index contributed by atoms with van der Waals surface area (Å²) in [6.45, 7) is 7.96. The molecule has 0 fully saturated rings. The largest absolute Gasteiger partial charge is 0.449 e. The van der Waals surface area contributed by atoms with E-state index in [-0.39, 0.29) is 10.3 Å². The molecule has 0 aliphatic rings. The Bertz CT molecular complexity index is 1280. The number of nitrogens with one attached hydrogen (secondary N) is 2. The zero-order valence-electron chi connectivity index (χ0n) is 16.6. The van der Waals surface area contributed by atoms with Crippen LogP contribution in [0.5, 0.6) is 0 Å². The highest BCUT2D eigenvalue weighted by molar-refractivity contribution is 7.92. The number of fused-ring (bicyclic) bond motifs is 1. The van der Waals surface area contributed by atoms with Crippen LogP contribution in [0.4, 0.5) is 5.69 Å². The molecule has 0 aliphatic carbocycles. The molecule has 0 saturated heterocycles. The summed E-state index contributed by atoms with van der Waals surface area (Å²) in [7, 11) is -3.73. The maximum absolute atomic E-state index is 12.8. The molecular formula is C21H22N4O3S. The number of rotatable bonds is 4. The first-order valence-electron chi connectivity index (χ1n) is 9.17. The van der Waals surface area contributed by atoms with Gasteiger partial charge in [-0.3, -0.25) is 4.72 Å². The highest BCUT2D eigenvalue weighted by Crippen LogP contribution is 2.26. The van der Waals surface area contributed by atoms with Gasteiger partial charge in [0.05, 0.1) is 21.6 Å². The van der Waals surface area contributed by atoms with Gasteiger partial charge in [-0.2, -0.15) is 0 Å². The monoisotopic (exact) mass is 410 g/mol. The third kappa shape index (κ3) is 3.88. The Labute approximate surface area is 169 Å². The number of nitrogens with zero attached hydrogens (tertiary/aromatic N) is 2. The van der Waals surface area contributed by atoms with Crippen LogP contribution < -0.4 is 4.72 Å². The number of H-pyrrole nitrogens is 1. The van der Waals surface area contributed by atoms with Gasteiger partial charge in [-0.05, 0) is 30.3 Å². The lowest BCUT2D eigenvalue weighted by Gasteiger charge is -2.13. The molecule has 2 heterocycles. The van der Waals surface area contributed by atoms with Gasteiger partial charge in [0.15, 0.2) is 5.89 Å². The lowest BCUT2D eigenvalue weighted by atomic mass is 9.96. The molecular weight excluding hydrogens is 388 g/mol. The minimum Gasteiger partial charge on any atom is -0.449 e. The van der Waals surface area contributed by atoms with Gasteiger partial charge >= 0.3 is 0 Å². The number of sulfonamides is 1. The van der Waals surface area contributed by atoms with Crippen molar-refractivity contribution in [1.82, 2.24) is 15.0 Å². The summed E-state index contributed by atoms with van der Waals surface area (Å²) in [5.41, 5.74) is 3.38. The topological polar surface area (TPSA) is 101 Å². The molecule has 150 valence electrons. The van der Waals surface area contributed by atoms with E-state index >= 15 is 0 Å². The Morgan fingerprint density at radius 3 is 2.38 bits per heavy atom. The highest BCUT2D eigenvalue weighted by Gasteiger charge is 2.19. The predicted octanol–water partition coefficient (Wildman–Crippen LogP) is 4.62. The molecule has 0 atom stereocenters. The molecule has 0 bridgehead atoms. The van der Waals surface area contributed by atoms with Crippen molar-refractivity contribution in [2.45, 2.75) is 38.0 Å². The zero-order valence-corrected chi connectivity index (χ0v) is 17.5. The van der Waals surface area contributed by atoms with E-state index in [4.69, 9.17) is 4.42 Å². The molecule has 0 amide bonds. The molecule has 8 heteroatoms. The number of aryl methyl sites for hydroxylation is 1. The van der Waals surface area contributed by atoms with Crippen molar-refractivity contribution in [3.05, 3.63) is 60.4 Å². The second-order valence-electron chi connectivity index (χ2n) is 7.95. The fourth-order valence-corrected chi connectivity index (χ4v) is 3.99. The quantitative estimate of drug-likeness (QED) is 0.511. The number of anilines is 1. The Hall–Kier alpha value is -3.13. The first kappa shape index (κ1) is 19.2. The first-order chi connectivity index (χ1) is 13.6. The Morgan fingerprint density at radius 1 is 1.03 bits per heavy atom. The molecule has 2 N–H and O–H groups in total. The number of aromatic nitrogens is 3. The summed E-state index contributed by atoms with van der Waals surface area (Å²) in [6.07, 6.45) is 1.54. The maximum Gasteiger partial charge on any atom is 0.261 e. The van der Waals surface area contributed by atoms with E-state index in [2.05, 4.69) is 40.4 Å². The van der Waals surface area contributed by atoms with Gasteiger partial charge in [0.25, 0.3) is 10.0 Å². The predicted molar refractivity (Wildman–Crippen MR) is 112 cm³/mol. The van der Waals surface area contributed by atoms with E-state index in [1.165, 1.54) is 0 Å². The van der Waals surface area contributed by atoms with Crippen molar-refractivity contribution >= 4 is 26.7 Å². The van der Waals surface area contributed by atoms with Crippen LogP contribution in [0.15, 0.2) is 58.0 Å². The summed E-state index contributed by atoms with van der Waals surface area (Å²) in [5.74, 6) is 1.41. The van der Waals surface area contributed by atoms with E-state index in [9.17, 15) is 8.42 Å². The van der Waals surface area contributed by atoms with E-state index < -0.39 is 10.0 Å². The fourth-order valence-electron chi connectivity index (χ4n) is 2.94. The third-order valence-corrected chi connectivity index (χ3v) is 5.92. The number of imidazole rings is 1. The van der Waals surface area contributed by atoms with Gasteiger partial charge in [-0.15, -0.1) is 0 Å². The van der Waals surface area contributed by atoms with E-state index in [0.717, 1.165) is 22.4 Å². The second-order valence-corrected chi connectivity index (χ2v) is 9.63. The average molecular weight is 410 g/mol. The van der Waals surface area contributed by atoms with Gasteiger partial charge in [0.2, 0.25) is 0 Å². The third-order valence-electron chi connectivity index (χ3n) is 4.52. The smallest absolute Gasteiger partial charge is 0.261 e. The van der Waals surface area contributed by atoms with E-state index in [1.54, 1.807) is 55.7 Å². The number of hydrogen-bond donors (Lipinski definition) is 2. The molecule has 0 saturated carbocycles. The maximum atomic E-state index is 12.8. The molecule has 0 spiro atoms. The molecule has 2 aromatic carbocycles. The summed E-state index contributed by atoms with van der Waals surface area (Å²) in [6, 6.07) is 11.8. The van der Waals surface area contributed by atoms with Crippen LogP contribution >= 0.6 is 0 Å². The van der Waals surface area contributed by atoms with Crippen LogP contribution in [-0.4, -0.2) is 23.4 Å². The summed E-state index contributed by atoms with van der Waals surface area (Å²) >= 11 is 0.